The number of rotatable bonds is 9. The van der Waals surface area contributed by atoms with Crippen molar-refractivity contribution in [3.63, 3.8) is 0 Å². The SMILES string of the molecule is CCOC(=O)c1ccc([C@H](C)NC(=O)C[C@H]2CCCN2Cc2cc(O)cc(-c3ccc(O)cc3C)c2)cc1O. The second-order valence-corrected chi connectivity index (χ2v) is 10.1. The molecule has 0 spiro atoms. The van der Waals surface area contributed by atoms with E-state index in [9.17, 15) is 24.9 Å². The smallest absolute Gasteiger partial charge is 0.341 e. The average molecular weight is 533 g/mol. The molecule has 1 aliphatic heterocycles. The third-order valence-electron chi connectivity index (χ3n) is 7.20. The molecule has 1 aliphatic rings. The van der Waals surface area contributed by atoms with E-state index in [2.05, 4.69) is 10.2 Å². The highest BCUT2D eigenvalue weighted by molar-refractivity contribution is 5.92. The number of aryl methyl sites for hydroxylation is 1. The van der Waals surface area contributed by atoms with E-state index in [0.717, 1.165) is 41.6 Å². The van der Waals surface area contributed by atoms with Gasteiger partial charge in [-0.05, 0) is 110 Å². The summed E-state index contributed by atoms with van der Waals surface area (Å²) in [6, 6.07) is 15.1. The van der Waals surface area contributed by atoms with E-state index in [0.29, 0.717) is 18.5 Å². The topological polar surface area (TPSA) is 119 Å². The Labute approximate surface area is 228 Å². The number of benzene rings is 3. The minimum atomic E-state index is -0.586. The van der Waals surface area contributed by atoms with Crippen molar-refractivity contribution in [1.82, 2.24) is 10.2 Å². The lowest BCUT2D eigenvalue weighted by Gasteiger charge is -2.25. The van der Waals surface area contributed by atoms with Crippen LogP contribution in [0.25, 0.3) is 11.1 Å². The molecule has 4 rings (SSSR count). The molecule has 2 atom stereocenters. The second-order valence-electron chi connectivity index (χ2n) is 10.1. The number of likely N-dealkylation sites (tertiary alicyclic amines) is 1. The summed E-state index contributed by atoms with van der Waals surface area (Å²) >= 11 is 0. The summed E-state index contributed by atoms with van der Waals surface area (Å²) in [6.45, 7) is 7.14. The highest BCUT2D eigenvalue weighted by Crippen LogP contribution is 2.32. The lowest BCUT2D eigenvalue weighted by atomic mass is 9.98. The highest BCUT2D eigenvalue weighted by Gasteiger charge is 2.27. The third kappa shape index (κ3) is 6.89. The van der Waals surface area contributed by atoms with Gasteiger partial charge in [0.1, 0.15) is 22.8 Å². The van der Waals surface area contributed by atoms with Crippen LogP contribution in [0.3, 0.4) is 0 Å². The summed E-state index contributed by atoms with van der Waals surface area (Å²) in [5.41, 5.74) is 4.47. The Balaban J connectivity index is 1.39. The van der Waals surface area contributed by atoms with Crippen LogP contribution in [0.2, 0.25) is 0 Å². The first-order chi connectivity index (χ1) is 18.6. The number of phenols is 3. The van der Waals surface area contributed by atoms with Crippen molar-refractivity contribution in [2.45, 2.75) is 58.7 Å². The number of carbonyl (C=O) groups is 2. The molecule has 1 amide bonds. The monoisotopic (exact) mass is 532 g/mol. The van der Waals surface area contributed by atoms with Crippen molar-refractivity contribution < 1.29 is 29.6 Å². The molecule has 0 bridgehead atoms. The lowest BCUT2D eigenvalue weighted by molar-refractivity contribution is -0.122. The molecule has 1 saturated heterocycles. The largest absolute Gasteiger partial charge is 0.508 e. The Morgan fingerprint density at radius 2 is 1.85 bits per heavy atom. The zero-order valence-corrected chi connectivity index (χ0v) is 22.6. The highest BCUT2D eigenvalue weighted by atomic mass is 16.5. The molecule has 4 N–H and O–H groups in total. The Kier molecular flexibility index (Phi) is 8.76. The quantitative estimate of drug-likeness (QED) is 0.280. The number of carbonyl (C=O) groups excluding carboxylic acids is 2. The number of amides is 1. The molecule has 0 aromatic heterocycles. The minimum absolute atomic E-state index is 0.0676. The Morgan fingerprint density at radius 3 is 2.56 bits per heavy atom. The van der Waals surface area contributed by atoms with Gasteiger partial charge >= 0.3 is 5.97 Å². The van der Waals surface area contributed by atoms with E-state index in [1.54, 1.807) is 37.3 Å². The minimum Gasteiger partial charge on any atom is -0.508 e. The van der Waals surface area contributed by atoms with Gasteiger partial charge in [0, 0.05) is 19.0 Å². The van der Waals surface area contributed by atoms with Crippen LogP contribution in [-0.2, 0) is 16.1 Å². The van der Waals surface area contributed by atoms with Gasteiger partial charge in [0.2, 0.25) is 5.91 Å². The van der Waals surface area contributed by atoms with Crippen LogP contribution in [0, 0.1) is 6.92 Å². The number of hydrogen-bond donors (Lipinski definition) is 4. The van der Waals surface area contributed by atoms with E-state index < -0.39 is 5.97 Å². The van der Waals surface area contributed by atoms with Crippen molar-refractivity contribution in [1.29, 1.82) is 0 Å². The van der Waals surface area contributed by atoms with Gasteiger partial charge in [-0.15, -0.1) is 0 Å². The first-order valence-electron chi connectivity index (χ1n) is 13.3. The Hall–Kier alpha value is -4.04. The summed E-state index contributed by atoms with van der Waals surface area (Å²) in [5.74, 6) is -0.479. The van der Waals surface area contributed by atoms with E-state index in [1.807, 2.05) is 26.0 Å². The zero-order valence-electron chi connectivity index (χ0n) is 22.6. The molecular formula is C31H36N2O6. The van der Waals surface area contributed by atoms with E-state index in [-0.39, 0.29) is 47.4 Å². The summed E-state index contributed by atoms with van der Waals surface area (Å²) < 4.78 is 4.95. The van der Waals surface area contributed by atoms with Gasteiger partial charge in [0.25, 0.3) is 0 Å². The fourth-order valence-corrected chi connectivity index (χ4v) is 5.26. The van der Waals surface area contributed by atoms with Gasteiger partial charge in [-0.25, -0.2) is 4.79 Å². The van der Waals surface area contributed by atoms with Gasteiger partial charge in [0.05, 0.1) is 12.6 Å². The molecule has 0 unspecified atom stereocenters. The number of nitrogens with zero attached hydrogens (tertiary/aromatic N) is 1. The number of ether oxygens (including phenoxy) is 1. The van der Waals surface area contributed by atoms with Crippen LogP contribution >= 0.6 is 0 Å². The predicted molar refractivity (Wildman–Crippen MR) is 149 cm³/mol. The second kappa shape index (κ2) is 12.2. The van der Waals surface area contributed by atoms with Gasteiger partial charge in [-0.2, -0.15) is 0 Å². The standard InChI is InChI=1S/C31H36N2O6/c1-4-39-31(38)28-9-7-22(16-29(28)36)20(3)32-30(37)17-24-6-5-11-33(24)18-21-13-23(15-26(35)14-21)27-10-8-25(34)12-19(27)2/h7-10,12-16,20,24,34-36H,4-6,11,17-18H2,1-3H3,(H,32,37)/t20-,24+/m0/s1. The van der Waals surface area contributed by atoms with Crippen molar-refractivity contribution in [3.05, 3.63) is 76.9 Å². The molecule has 1 heterocycles. The van der Waals surface area contributed by atoms with Crippen LogP contribution in [0.15, 0.2) is 54.6 Å². The first-order valence-corrected chi connectivity index (χ1v) is 13.3. The van der Waals surface area contributed by atoms with Crippen molar-refractivity contribution in [2.24, 2.45) is 0 Å². The fraction of sp³-hybridized carbons (Fsp3) is 0.355. The maximum atomic E-state index is 12.9. The molecule has 0 aliphatic carbocycles. The number of nitrogens with one attached hydrogen (secondary N) is 1. The number of hydrogen-bond acceptors (Lipinski definition) is 7. The van der Waals surface area contributed by atoms with Crippen LogP contribution < -0.4 is 5.32 Å². The normalized spacial score (nSPS) is 16.1. The molecule has 3 aromatic rings. The molecule has 3 aromatic carbocycles. The lowest BCUT2D eigenvalue weighted by Crippen LogP contribution is -2.36. The van der Waals surface area contributed by atoms with E-state index in [1.165, 1.54) is 12.1 Å². The first kappa shape index (κ1) is 28.0. The molecule has 8 heteroatoms. The molecule has 206 valence electrons. The molecular weight excluding hydrogens is 496 g/mol. The van der Waals surface area contributed by atoms with Crippen LogP contribution in [0.1, 0.15) is 66.2 Å². The van der Waals surface area contributed by atoms with Crippen molar-refractivity contribution in [3.8, 4) is 28.4 Å². The zero-order chi connectivity index (χ0) is 28.1. The summed E-state index contributed by atoms with van der Waals surface area (Å²) in [6.07, 6.45) is 2.22. The fourth-order valence-electron chi connectivity index (χ4n) is 5.26. The maximum absolute atomic E-state index is 12.9. The summed E-state index contributed by atoms with van der Waals surface area (Å²) in [7, 11) is 0. The summed E-state index contributed by atoms with van der Waals surface area (Å²) in [4.78, 5) is 27.2. The molecule has 1 fully saturated rings. The molecule has 0 radical (unpaired) electrons. The summed E-state index contributed by atoms with van der Waals surface area (Å²) in [5, 5.41) is 33.4. The van der Waals surface area contributed by atoms with E-state index >= 15 is 0 Å². The number of aromatic hydroxyl groups is 3. The predicted octanol–water partition coefficient (Wildman–Crippen LogP) is 5.19. The van der Waals surface area contributed by atoms with Gasteiger partial charge < -0.3 is 25.4 Å². The van der Waals surface area contributed by atoms with Crippen LogP contribution in [-0.4, -0.2) is 51.3 Å². The van der Waals surface area contributed by atoms with Crippen LogP contribution in [0.5, 0.6) is 17.2 Å². The molecule has 39 heavy (non-hydrogen) atoms. The molecule has 0 saturated carbocycles. The van der Waals surface area contributed by atoms with Crippen molar-refractivity contribution >= 4 is 11.9 Å². The van der Waals surface area contributed by atoms with Crippen LogP contribution in [0.4, 0.5) is 0 Å². The van der Waals surface area contributed by atoms with E-state index in [4.69, 9.17) is 4.74 Å². The number of phenolic OH excluding ortho intramolecular Hbond substituents is 3. The Morgan fingerprint density at radius 1 is 1.05 bits per heavy atom. The van der Waals surface area contributed by atoms with Gasteiger partial charge in [-0.3, -0.25) is 9.69 Å². The Bertz CT molecular complexity index is 1350. The van der Waals surface area contributed by atoms with Gasteiger partial charge in [0.15, 0.2) is 0 Å². The average Bonchev–Trinajstić information content (AvgIpc) is 3.29. The third-order valence-corrected chi connectivity index (χ3v) is 7.20. The molecule has 8 nitrogen and oxygen atoms in total. The maximum Gasteiger partial charge on any atom is 0.341 e. The van der Waals surface area contributed by atoms with Gasteiger partial charge in [-0.1, -0.05) is 12.1 Å². The van der Waals surface area contributed by atoms with Crippen molar-refractivity contribution in [2.75, 3.05) is 13.2 Å². The number of esters is 1.